The Balaban J connectivity index is 1.98. The van der Waals surface area contributed by atoms with Crippen molar-refractivity contribution in [2.24, 2.45) is 11.8 Å². The van der Waals surface area contributed by atoms with E-state index in [0.29, 0.717) is 5.92 Å². The van der Waals surface area contributed by atoms with Gasteiger partial charge in [0.1, 0.15) is 0 Å². The molecule has 1 aliphatic rings. The first-order chi connectivity index (χ1) is 19.4. The van der Waals surface area contributed by atoms with Gasteiger partial charge in [-0.15, -0.1) is 12.6 Å². The minimum absolute atomic E-state index is 0.145. The molecule has 0 radical (unpaired) electrons. The molecule has 0 bridgehead atoms. The van der Waals surface area contributed by atoms with Crippen molar-refractivity contribution < 1.29 is 0 Å². The monoisotopic (exact) mass is 544 g/mol. The van der Waals surface area contributed by atoms with Gasteiger partial charge in [0.15, 0.2) is 0 Å². The SMILES string of the molecule is C=C/C=C\CC1CCC=CC(/C(C=C)=C/C(=C)C(C)/C=C\c2c(C)c(/C=C\CC)c(C=C)c3ccccc23)=C1S. The van der Waals surface area contributed by atoms with Crippen LogP contribution in [0.1, 0.15) is 61.8 Å². The molecule has 0 fully saturated rings. The summed E-state index contributed by atoms with van der Waals surface area (Å²) in [5, 5.41) is 2.47. The van der Waals surface area contributed by atoms with Gasteiger partial charge in [-0.1, -0.05) is 137 Å². The Kier molecular flexibility index (Phi) is 11.8. The smallest absolute Gasteiger partial charge is 0.00127 e. The Hall–Kier alpha value is -3.55. The predicted octanol–water partition coefficient (Wildman–Crippen LogP) is 11.8. The molecule has 0 aliphatic heterocycles. The average Bonchev–Trinajstić information content (AvgIpc) is 3.15. The highest BCUT2D eigenvalue weighted by Crippen LogP contribution is 2.36. The fourth-order valence-electron chi connectivity index (χ4n) is 5.23. The zero-order valence-corrected chi connectivity index (χ0v) is 25.4. The average molecular weight is 545 g/mol. The van der Waals surface area contributed by atoms with Gasteiger partial charge in [0.25, 0.3) is 0 Å². The number of fused-ring (bicyclic) bond motifs is 1. The van der Waals surface area contributed by atoms with Crippen LogP contribution in [0.3, 0.4) is 0 Å². The summed E-state index contributed by atoms with van der Waals surface area (Å²) in [6.45, 7) is 23.1. The van der Waals surface area contributed by atoms with E-state index in [9.17, 15) is 0 Å². The summed E-state index contributed by atoms with van der Waals surface area (Å²) in [6, 6.07) is 8.61. The number of rotatable bonds is 12. The first kappa shape index (κ1) is 31.0. The minimum atomic E-state index is 0.145. The van der Waals surface area contributed by atoms with Gasteiger partial charge in [0, 0.05) is 0 Å². The fourth-order valence-corrected chi connectivity index (χ4v) is 5.67. The zero-order valence-electron chi connectivity index (χ0n) is 24.5. The van der Waals surface area contributed by atoms with Crippen LogP contribution >= 0.6 is 12.6 Å². The van der Waals surface area contributed by atoms with Gasteiger partial charge in [0.05, 0.1) is 0 Å². The van der Waals surface area contributed by atoms with E-state index in [1.54, 1.807) is 0 Å². The topological polar surface area (TPSA) is 0 Å². The molecule has 0 saturated heterocycles. The zero-order chi connectivity index (χ0) is 29.1. The molecule has 0 nitrogen and oxygen atoms in total. The molecular formula is C39H44S. The second kappa shape index (κ2) is 15.3. The molecule has 0 spiro atoms. The van der Waals surface area contributed by atoms with Gasteiger partial charge in [-0.2, -0.15) is 0 Å². The summed E-state index contributed by atoms with van der Waals surface area (Å²) < 4.78 is 0. The second-order valence-corrected chi connectivity index (χ2v) is 10.8. The van der Waals surface area contributed by atoms with Crippen molar-refractivity contribution in [2.75, 3.05) is 0 Å². The van der Waals surface area contributed by atoms with E-state index < -0.39 is 0 Å². The largest absolute Gasteiger partial charge is 0.147 e. The van der Waals surface area contributed by atoms with E-state index in [0.717, 1.165) is 47.3 Å². The highest BCUT2D eigenvalue weighted by molar-refractivity contribution is 7.84. The van der Waals surface area contributed by atoms with Crippen molar-refractivity contribution in [1.29, 1.82) is 0 Å². The Morgan fingerprint density at radius 3 is 2.42 bits per heavy atom. The molecule has 0 aromatic heterocycles. The van der Waals surface area contributed by atoms with Crippen LogP contribution < -0.4 is 0 Å². The maximum atomic E-state index is 5.00. The summed E-state index contributed by atoms with van der Waals surface area (Å²) in [5.74, 6) is 0.524. The summed E-state index contributed by atoms with van der Waals surface area (Å²) >= 11 is 5.00. The second-order valence-electron chi connectivity index (χ2n) is 10.3. The third-order valence-electron chi connectivity index (χ3n) is 7.66. The van der Waals surface area contributed by atoms with Crippen molar-refractivity contribution in [1.82, 2.24) is 0 Å². The van der Waals surface area contributed by atoms with Crippen molar-refractivity contribution in [3.63, 3.8) is 0 Å². The molecule has 2 unspecified atom stereocenters. The van der Waals surface area contributed by atoms with Gasteiger partial charge in [0.2, 0.25) is 0 Å². The lowest BCUT2D eigenvalue weighted by molar-refractivity contribution is 0.601. The number of benzene rings is 2. The summed E-state index contributed by atoms with van der Waals surface area (Å²) in [4.78, 5) is 1.11. The minimum Gasteiger partial charge on any atom is -0.147 e. The predicted molar refractivity (Wildman–Crippen MR) is 186 cm³/mol. The third kappa shape index (κ3) is 7.34. The Bertz CT molecular complexity index is 1450. The molecule has 1 heteroatoms. The molecule has 2 aromatic rings. The highest BCUT2D eigenvalue weighted by Gasteiger charge is 2.18. The highest BCUT2D eigenvalue weighted by atomic mass is 32.1. The fraction of sp³-hybridized carbons (Fsp3) is 0.231. The van der Waals surface area contributed by atoms with Crippen LogP contribution in [0.2, 0.25) is 0 Å². The van der Waals surface area contributed by atoms with E-state index in [1.807, 2.05) is 24.3 Å². The number of hydrogen-bond donors (Lipinski definition) is 1. The van der Waals surface area contributed by atoms with Gasteiger partial charge >= 0.3 is 0 Å². The maximum Gasteiger partial charge on any atom is -0.00127 e. The van der Waals surface area contributed by atoms with Crippen molar-refractivity contribution in [2.45, 2.75) is 46.5 Å². The van der Waals surface area contributed by atoms with Crippen LogP contribution in [-0.2, 0) is 0 Å². The van der Waals surface area contributed by atoms with Gasteiger partial charge in [-0.3, -0.25) is 0 Å². The van der Waals surface area contributed by atoms with Crippen LogP contribution in [0.4, 0.5) is 0 Å². The van der Waals surface area contributed by atoms with E-state index in [1.165, 1.54) is 33.0 Å². The van der Waals surface area contributed by atoms with Crippen LogP contribution in [0.5, 0.6) is 0 Å². The molecule has 0 heterocycles. The molecule has 206 valence electrons. The standard InChI is InChI=1S/C39H44S/c1-8-12-14-19-32-20-15-16-22-36(39(32)40)31(10-3)27-29(6)28(5)25-26-35-30(7)34(21-13-9-2)33(11-4)37-23-17-18-24-38(35)37/h8,10-14,16-18,21-28,32,40H,1,3-4,6,9,15,19-20H2,2,5,7H3/b14-12-,21-13-,26-25-,31-27+. The van der Waals surface area contributed by atoms with Crippen LogP contribution in [0, 0.1) is 18.8 Å². The third-order valence-corrected chi connectivity index (χ3v) is 8.27. The van der Waals surface area contributed by atoms with Crippen molar-refractivity contribution in [3.8, 4) is 0 Å². The van der Waals surface area contributed by atoms with Crippen LogP contribution in [0.15, 0.2) is 127 Å². The lowest BCUT2D eigenvalue weighted by atomic mass is 9.88. The molecule has 40 heavy (non-hydrogen) atoms. The molecule has 2 atom stereocenters. The Morgan fingerprint density at radius 1 is 1.05 bits per heavy atom. The molecule has 0 N–H and O–H groups in total. The van der Waals surface area contributed by atoms with Crippen molar-refractivity contribution >= 4 is 41.6 Å². The van der Waals surface area contributed by atoms with Crippen molar-refractivity contribution in [3.05, 3.63) is 149 Å². The van der Waals surface area contributed by atoms with Gasteiger partial charge < -0.3 is 0 Å². The summed E-state index contributed by atoms with van der Waals surface area (Å²) in [5.41, 5.74) is 8.18. The van der Waals surface area contributed by atoms with Gasteiger partial charge in [-0.25, -0.2) is 0 Å². The van der Waals surface area contributed by atoms with E-state index in [-0.39, 0.29) is 5.92 Å². The molecule has 3 rings (SSSR count). The van der Waals surface area contributed by atoms with E-state index in [4.69, 9.17) is 12.6 Å². The summed E-state index contributed by atoms with van der Waals surface area (Å²) in [6.07, 6.45) is 29.6. The van der Waals surface area contributed by atoms with Gasteiger partial charge in [-0.05, 0) is 99.1 Å². The Labute approximate surface area is 248 Å². The number of hydrogen-bond acceptors (Lipinski definition) is 1. The lowest BCUT2D eigenvalue weighted by Gasteiger charge is -2.18. The lowest BCUT2D eigenvalue weighted by Crippen LogP contribution is -2.02. The number of allylic oxidation sites excluding steroid dienone is 13. The summed E-state index contributed by atoms with van der Waals surface area (Å²) in [7, 11) is 0. The van der Waals surface area contributed by atoms with Crippen LogP contribution in [0.25, 0.3) is 29.0 Å². The normalized spacial score (nSPS) is 17.2. The number of thiol groups is 1. The maximum absolute atomic E-state index is 5.00. The molecular weight excluding hydrogens is 500 g/mol. The molecule has 2 aromatic carbocycles. The quantitative estimate of drug-likeness (QED) is 0.199. The Morgan fingerprint density at radius 2 is 1.77 bits per heavy atom. The molecule has 1 aliphatic carbocycles. The molecule has 0 amide bonds. The van der Waals surface area contributed by atoms with E-state index >= 15 is 0 Å². The van der Waals surface area contributed by atoms with Crippen LogP contribution in [-0.4, -0.2) is 0 Å². The van der Waals surface area contributed by atoms with E-state index in [2.05, 4.69) is 120 Å². The first-order valence-electron chi connectivity index (χ1n) is 14.3. The first-order valence-corrected chi connectivity index (χ1v) is 14.8. The molecule has 0 saturated carbocycles.